The molecule has 144 valence electrons. The van der Waals surface area contributed by atoms with Crippen molar-refractivity contribution in [3.05, 3.63) is 72.9 Å². The van der Waals surface area contributed by atoms with E-state index in [0.717, 1.165) is 12.8 Å². The Morgan fingerprint density at radius 1 is 0.808 bits per heavy atom. The number of aliphatic carboxylic acids is 1. The van der Waals surface area contributed by atoms with Gasteiger partial charge in [-0.1, -0.05) is 79.8 Å². The Balaban J connectivity index is 3.91. The first-order valence-electron chi connectivity index (χ1n) is 9.10. The van der Waals surface area contributed by atoms with E-state index < -0.39 is 18.2 Å². The molecule has 0 heterocycles. The molecular weight excluding hydrogens is 328 g/mol. The lowest BCUT2D eigenvalue weighted by molar-refractivity contribution is -0.136. The lowest BCUT2D eigenvalue weighted by Crippen LogP contribution is -1.99. The highest BCUT2D eigenvalue weighted by Crippen LogP contribution is 2.00. The summed E-state index contributed by atoms with van der Waals surface area (Å²) in [7, 11) is 0. The van der Waals surface area contributed by atoms with Crippen LogP contribution in [0.3, 0.4) is 0 Å². The van der Waals surface area contributed by atoms with Crippen molar-refractivity contribution < 1.29 is 20.1 Å². The molecule has 2 atom stereocenters. The number of allylic oxidation sites excluding steroid dienone is 8. The molecule has 0 saturated carbocycles. The molecule has 3 N–H and O–H groups in total. The summed E-state index contributed by atoms with van der Waals surface area (Å²) in [5.74, 6) is -0.821. The van der Waals surface area contributed by atoms with Crippen LogP contribution in [0.15, 0.2) is 72.9 Å². The molecule has 0 aliphatic carbocycles. The van der Waals surface area contributed by atoms with Gasteiger partial charge in [0.2, 0.25) is 0 Å². The van der Waals surface area contributed by atoms with Crippen molar-refractivity contribution in [1.29, 1.82) is 0 Å². The van der Waals surface area contributed by atoms with Gasteiger partial charge in [-0.25, -0.2) is 0 Å². The normalized spacial score (nSPS) is 15.5. The van der Waals surface area contributed by atoms with Gasteiger partial charge in [0, 0.05) is 6.42 Å². The van der Waals surface area contributed by atoms with E-state index in [2.05, 4.69) is 19.1 Å². The van der Waals surface area contributed by atoms with E-state index in [9.17, 15) is 15.0 Å². The van der Waals surface area contributed by atoms with Crippen LogP contribution in [-0.4, -0.2) is 33.5 Å². The van der Waals surface area contributed by atoms with Gasteiger partial charge in [-0.2, -0.15) is 0 Å². The fraction of sp³-hybridized carbons (Fsp3) is 0.409. The third-order valence-electron chi connectivity index (χ3n) is 3.29. The van der Waals surface area contributed by atoms with E-state index in [-0.39, 0.29) is 6.42 Å². The molecule has 0 fully saturated rings. The zero-order valence-electron chi connectivity index (χ0n) is 15.6. The van der Waals surface area contributed by atoms with Gasteiger partial charge in [0.15, 0.2) is 0 Å². The summed E-state index contributed by atoms with van der Waals surface area (Å²) < 4.78 is 0. The fourth-order valence-corrected chi connectivity index (χ4v) is 1.90. The van der Waals surface area contributed by atoms with Crippen molar-refractivity contribution in [1.82, 2.24) is 0 Å². The molecule has 0 aromatic heterocycles. The highest BCUT2D eigenvalue weighted by molar-refractivity contribution is 5.66. The Morgan fingerprint density at radius 3 is 1.88 bits per heavy atom. The SMILES string of the molecule is CC/C=C\C/C=C\CC(O)C=CC=CC=CC(O)C/C=C\CCC(=O)O. The number of aliphatic hydroxyl groups excluding tert-OH is 2. The van der Waals surface area contributed by atoms with Crippen LogP contribution in [-0.2, 0) is 4.79 Å². The molecule has 0 aromatic carbocycles. The first-order chi connectivity index (χ1) is 12.6. The van der Waals surface area contributed by atoms with E-state index in [1.807, 2.05) is 12.2 Å². The van der Waals surface area contributed by atoms with Crippen molar-refractivity contribution in [3.8, 4) is 0 Å². The minimum Gasteiger partial charge on any atom is -0.481 e. The first-order valence-corrected chi connectivity index (χ1v) is 9.10. The van der Waals surface area contributed by atoms with Crippen LogP contribution in [0.5, 0.6) is 0 Å². The molecule has 0 aromatic rings. The number of hydrogen-bond donors (Lipinski definition) is 3. The Hall–Kier alpha value is -2.17. The Kier molecular flexibility index (Phi) is 16.2. The number of carbonyl (C=O) groups is 1. The molecule has 0 spiro atoms. The number of hydrogen-bond acceptors (Lipinski definition) is 3. The van der Waals surface area contributed by atoms with E-state index >= 15 is 0 Å². The van der Waals surface area contributed by atoms with Crippen LogP contribution in [0.25, 0.3) is 0 Å². The Labute approximate surface area is 157 Å². The summed E-state index contributed by atoms with van der Waals surface area (Å²) in [5.41, 5.74) is 0. The van der Waals surface area contributed by atoms with Crippen LogP contribution < -0.4 is 0 Å². The maximum atomic E-state index is 10.3. The van der Waals surface area contributed by atoms with Gasteiger partial charge in [0.05, 0.1) is 12.2 Å². The van der Waals surface area contributed by atoms with Crippen molar-refractivity contribution in [2.45, 2.75) is 57.7 Å². The van der Waals surface area contributed by atoms with Crippen LogP contribution in [0.4, 0.5) is 0 Å². The van der Waals surface area contributed by atoms with Crippen molar-refractivity contribution in [2.24, 2.45) is 0 Å². The highest BCUT2D eigenvalue weighted by Gasteiger charge is 1.95. The predicted octanol–water partition coefficient (Wildman–Crippen LogP) is 4.49. The molecule has 0 aliphatic rings. The van der Waals surface area contributed by atoms with Crippen LogP contribution in [0.2, 0.25) is 0 Å². The number of rotatable bonds is 14. The molecule has 0 saturated heterocycles. The largest absolute Gasteiger partial charge is 0.481 e. The Morgan fingerprint density at radius 2 is 1.35 bits per heavy atom. The van der Waals surface area contributed by atoms with E-state index in [0.29, 0.717) is 19.3 Å². The summed E-state index contributed by atoms with van der Waals surface area (Å²) in [4.78, 5) is 10.3. The maximum absolute atomic E-state index is 10.3. The Bertz CT molecular complexity index is 524. The average molecular weight is 360 g/mol. The zero-order chi connectivity index (χ0) is 19.5. The van der Waals surface area contributed by atoms with Crippen LogP contribution in [0.1, 0.15) is 45.4 Å². The molecule has 2 unspecified atom stereocenters. The molecule has 26 heavy (non-hydrogen) atoms. The number of carboxylic acids is 1. The standard InChI is InChI=1S/C22H32O4/c1-2-3-4-5-6-10-15-20(23)16-11-7-8-12-17-21(24)18-13-9-14-19-22(25)26/h3-4,6-13,16-17,20-21,23-24H,2,5,14-15,18-19H2,1H3,(H,25,26)/b4-3-,8-7?,10-6-,13-9-,16-11?,17-12?. The second-order valence-corrected chi connectivity index (χ2v) is 5.75. The van der Waals surface area contributed by atoms with Gasteiger partial charge >= 0.3 is 5.97 Å². The number of aliphatic hydroxyl groups is 2. The monoisotopic (exact) mass is 360 g/mol. The summed E-state index contributed by atoms with van der Waals surface area (Å²) in [5, 5.41) is 28.0. The quantitative estimate of drug-likeness (QED) is 0.315. The summed E-state index contributed by atoms with van der Waals surface area (Å²) in [6, 6.07) is 0. The average Bonchev–Trinajstić information content (AvgIpc) is 2.60. The molecule has 0 radical (unpaired) electrons. The topological polar surface area (TPSA) is 77.8 Å². The van der Waals surface area contributed by atoms with Gasteiger partial charge in [-0.3, -0.25) is 4.79 Å². The molecule has 4 nitrogen and oxygen atoms in total. The maximum Gasteiger partial charge on any atom is 0.303 e. The van der Waals surface area contributed by atoms with Gasteiger partial charge in [0.1, 0.15) is 0 Å². The molecule has 0 aliphatic heterocycles. The minimum atomic E-state index is -0.821. The summed E-state index contributed by atoms with van der Waals surface area (Å²) in [6.45, 7) is 2.10. The highest BCUT2D eigenvalue weighted by atomic mass is 16.4. The molecular formula is C22H32O4. The molecule has 0 rings (SSSR count). The minimum absolute atomic E-state index is 0.106. The van der Waals surface area contributed by atoms with Gasteiger partial charge in [-0.15, -0.1) is 0 Å². The summed E-state index contributed by atoms with van der Waals surface area (Å²) >= 11 is 0. The van der Waals surface area contributed by atoms with Gasteiger partial charge in [0.25, 0.3) is 0 Å². The zero-order valence-corrected chi connectivity index (χ0v) is 15.6. The molecule has 0 amide bonds. The second-order valence-electron chi connectivity index (χ2n) is 5.75. The van der Waals surface area contributed by atoms with Crippen molar-refractivity contribution in [2.75, 3.05) is 0 Å². The van der Waals surface area contributed by atoms with Crippen molar-refractivity contribution >= 4 is 5.97 Å². The van der Waals surface area contributed by atoms with Gasteiger partial charge in [-0.05, 0) is 32.1 Å². The van der Waals surface area contributed by atoms with E-state index in [1.54, 1.807) is 48.6 Å². The number of carboxylic acid groups (broad SMARTS) is 1. The lowest BCUT2D eigenvalue weighted by Gasteiger charge is -1.99. The van der Waals surface area contributed by atoms with Crippen LogP contribution in [0, 0.1) is 0 Å². The smallest absolute Gasteiger partial charge is 0.303 e. The second kappa shape index (κ2) is 17.6. The molecule has 4 heteroatoms. The lowest BCUT2D eigenvalue weighted by atomic mass is 10.2. The van der Waals surface area contributed by atoms with Crippen LogP contribution >= 0.6 is 0 Å². The summed E-state index contributed by atoms with van der Waals surface area (Å²) in [6.07, 6.45) is 24.7. The van der Waals surface area contributed by atoms with E-state index in [4.69, 9.17) is 5.11 Å². The van der Waals surface area contributed by atoms with Gasteiger partial charge < -0.3 is 15.3 Å². The third-order valence-corrected chi connectivity index (χ3v) is 3.29. The fourth-order valence-electron chi connectivity index (χ4n) is 1.90. The van der Waals surface area contributed by atoms with Crippen molar-refractivity contribution in [3.63, 3.8) is 0 Å². The molecule has 0 bridgehead atoms. The predicted molar refractivity (Wildman–Crippen MR) is 108 cm³/mol. The van der Waals surface area contributed by atoms with E-state index in [1.165, 1.54) is 0 Å². The third kappa shape index (κ3) is 18.2. The first kappa shape index (κ1) is 23.8.